The van der Waals surface area contributed by atoms with E-state index in [-0.39, 0.29) is 5.91 Å². The number of allylic oxidation sites excluding steroid dienone is 2. The number of nitrogens with one attached hydrogen (secondary N) is 1. The van der Waals surface area contributed by atoms with Crippen molar-refractivity contribution in [1.29, 1.82) is 0 Å². The molecule has 0 atom stereocenters. The Morgan fingerprint density at radius 3 is 1.50 bits per heavy atom. The molecule has 1 N–H and O–H groups in total. The number of amides is 1. The van der Waals surface area contributed by atoms with Gasteiger partial charge in [0.2, 0.25) is 5.91 Å². The second kappa shape index (κ2) is 22.2. The summed E-state index contributed by atoms with van der Waals surface area (Å²) < 4.78 is 0. The average molecular weight is 392 g/mol. The maximum atomic E-state index is 11.3. The molecule has 0 saturated heterocycles. The summed E-state index contributed by atoms with van der Waals surface area (Å²) in [6, 6.07) is 0. The predicted molar refractivity (Wildman–Crippen MR) is 126 cm³/mol. The zero-order valence-corrected chi connectivity index (χ0v) is 19.2. The van der Waals surface area contributed by atoms with Crippen LogP contribution in [0.25, 0.3) is 0 Å². The van der Waals surface area contributed by atoms with Gasteiger partial charge in [0, 0.05) is 12.1 Å². The monoisotopic (exact) mass is 391 g/mol. The van der Waals surface area contributed by atoms with Crippen molar-refractivity contribution in [3.05, 3.63) is 24.3 Å². The number of unbranched alkanes of at least 4 members (excludes halogenated alkanes) is 16. The molecule has 0 heterocycles. The molecule has 0 aliphatic carbocycles. The van der Waals surface area contributed by atoms with E-state index in [1.54, 1.807) is 6.92 Å². The van der Waals surface area contributed by atoms with Gasteiger partial charge in [0.15, 0.2) is 0 Å². The van der Waals surface area contributed by atoms with Crippen LogP contribution in [0.4, 0.5) is 0 Å². The van der Waals surface area contributed by atoms with Crippen LogP contribution >= 0.6 is 0 Å². The fourth-order valence-corrected chi connectivity index (χ4v) is 3.43. The maximum absolute atomic E-state index is 11.3. The largest absolute Gasteiger partial charge is 0.352 e. The van der Waals surface area contributed by atoms with Crippen LogP contribution in [0.15, 0.2) is 24.3 Å². The third kappa shape index (κ3) is 21.3. The van der Waals surface area contributed by atoms with E-state index in [2.05, 4.69) is 31.0 Å². The summed E-state index contributed by atoms with van der Waals surface area (Å²) in [5.74, 6) is -0.00621. The molecule has 2 nitrogen and oxygen atoms in total. The number of hydrogen-bond donors (Lipinski definition) is 1. The number of carbonyl (C=O) groups excluding carboxylic acids is 1. The van der Waals surface area contributed by atoms with Crippen LogP contribution in [0.3, 0.4) is 0 Å². The van der Waals surface area contributed by atoms with Gasteiger partial charge < -0.3 is 5.32 Å². The first-order valence-electron chi connectivity index (χ1n) is 12.3. The van der Waals surface area contributed by atoms with Crippen LogP contribution in [0.2, 0.25) is 0 Å². The first-order valence-corrected chi connectivity index (χ1v) is 12.3. The lowest BCUT2D eigenvalue weighted by molar-refractivity contribution is -0.117. The van der Waals surface area contributed by atoms with Crippen LogP contribution in [-0.2, 0) is 4.79 Å². The van der Waals surface area contributed by atoms with Gasteiger partial charge in [0.05, 0.1) is 0 Å². The second-order valence-corrected chi connectivity index (χ2v) is 8.39. The van der Waals surface area contributed by atoms with Crippen molar-refractivity contribution in [3.63, 3.8) is 0 Å². The zero-order chi connectivity index (χ0) is 20.7. The third-order valence-corrected chi connectivity index (χ3v) is 5.36. The first-order chi connectivity index (χ1) is 13.7. The summed E-state index contributed by atoms with van der Waals surface area (Å²) in [6.45, 7) is 8.47. The van der Waals surface area contributed by atoms with Crippen molar-refractivity contribution in [2.24, 2.45) is 0 Å². The van der Waals surface area contributed by atoms with Crippen LogP contribution in [0.5, 0.6) is 0 Å². The Bertz CT molecular complexity index is 386. The van der Waals surface area contributed by atoms with Crippen molar-refractivity contribution in [3.8, 4) is 0 Å². The highest BCUT2D eigenvalue weighted by molar-refractivity contribution is 5.91. The molecule has 0 aromatic rings. The van der Waals surface area contributed by atoms with Crippen molar-refractivity contribution in [1.82, 2.24) is 5.32 Å². The van der Waals surface area contributed by atoms with Gasteiger partial charge in [-0.2, -0.15) is 0 Å². The molecule has 0 aromatic heterocycles. The SMILES string of the molecule is C=C(C)C(=O)NCCCCCCCCCCCC/C=C\CCCCCCCC. The molecule has 0 bridgehead atoms. The molecule has 0 fully saturated rings. The lowest BCUT2D eigenvalue weighted by Crippen LogP contribution is -2.24. The molecule has 0 spiro atoms. The Balaban J connectivity index is 3.13. The van der Waals surface area contributed by atoms with E-state index in [0.29, 0.717) is 5.57 Å². The Kier molecular flexibility index (Phi) is 21.4. The highest BCUT2D eigenvalue weighted by Crippen LogP contribution is 2.12. The van der Waals surface area contributed by atoms with Crippen LogP contribution in [-0.4, -0.2) is 12.5 Å². The van der Waals surface area contributed by atoms with E-state index in [9.17, 15) is 4.79 Å². The van der Waals surface area contributed by atoms with Crippen LogP contribution in [0.1, 0.15) is 129 Å². The van der Waals surface area contributed by atoms with E-state index in [0.717, 1.165) is 13.0 Å². The molecule has 0 aliphatic rings. The van der Waals surface area contributed by atoms with Crippen LogP contribution in [0, 0.1) is 0 Å². The average Bonchev–Trinajstić information content (AvgIpc) is 2.68. The van der Waals surface area contributed by atoms with Gasteiger partial charge in [-0.3, -0.25) is 4.79 Å². The smallest absolute Gasteiger partial charge is 0.246 e. The molecule has 0 rings (SSSR count). The maximum Gasteiger partial charge on any atom is 0.246 e. The predicted octanol–water partition coefficient (Wildman–Crippen LogP) is 8.28. The minimum absolute atomic E-state index is 0.00621. The number of hydrogen-bond acceptors (Lipinski definition) is 1. The molecule has 164 valence electrons. The highest BCUT2D eigenvalue weighted by Gasteiger charge is 1.99. The fourth-order valence-electron chi connectivity index (χ4n) is 3.43. The van der Waals surface area contributed by atoms with Gasteiger partial charge in [-0.25, -0.2) is 0 Å². The summed E-state index contributed by atoms with van der Waals surface area (Å²) in [5, 5.41) is 2.90. The molecule has 0 aromatic carbocycles. The minimum Gasteiger partial charge on any atom is -0.352 e. The van der Waals surface area contributed by atoms with Crippen molar-refractivity contribution < 1.29 is 4.79 Å². The summed E-state index contributed by atoms with van der Waals surface area (Å²) in [6.07, 6.45) is 29.0. The molecule has 2 heteroatoms. The molecule has 0 radical (unpaired) electrons. The molecule has 0 unspecified atom stereocenters. The summed E-state index contributed by atoms with van der Waals surface area (Å²) in [5.41, 5.74) is 0.601. The van der Waals surface area contributed by atoms with Crippen molar-refractivity contribution in [2.45, 2.75) is 129 Å². The summed E-state index contributed by atoms with van der Waals surface area (Å²) in [7, 11) is 0. The topological polar surface area (TPSA) is 29.1 Å². The normalized spacial score (nSPS) is 11.2. The van der Waals surface area contributed by atoms with E-state index in [1.807, 2.05) is 0 Å². The third-order valence-electron chi connectivity index (χ3n) is 5.36. The minimum atomic E-state index is -0.00621. The summed E-state index contributed by atoms with van der Waals surface area (Å²) >= 11 is 0. The molecular weight excluding hydrogens is 342 g/mol. The second-order valence-electron chi connectivity index (χ2n) is 8.39. The van der Waals surface area contributed by atoms with Crippen LogP contribution < -0.4 is 5.32 Å². The zero-order valence-electron chi connectivity index (χ0n) is 19.2. The number of rotatable bonds is 21. The van der Waals surface area contributed by atoms with E-state index >= 15 is 0 Å². The standard InChI is InChI=1S/C26H49NO/c1-4-5-6-7-8-9-10-11-12-13-14-15-16-17-18-19-20-21-22-23-24-27-26(28)25(2)3/h11-12H,2,4-10,13-24H2,1,3H3,(H,27,28)/b12-11-. The Morgan fingerprint density at radius 2 is 1.07 bits per heavy atom. The van der Waals surface area contributed by atoms with Crippen molar-refractivity contribution in [2.75, 3.05) is 6.54 Å². The lowest BCUT2D eigenvalue weighted by Gasteiger charge is -2.05. The quantitative estimate of drug-likeness (QED) is 0.119. The lowest BCUT2D eigenvalue weighted by atomic mass is 10.1. The number of carbonyl (C=O) groups is 1. The van der Waals surface area contributed by atoms with Gasteiger partial charge in [-0.05, 0) is 39.0 Å². The van der Waals surface area contributed by atoms with Gasteiger partial charge in [-0.15, -0.1) is 0 Å². The Hall–Kier alpha value is -1.05. The highest BCUT2D eigenvalue weighted by atomic mass is 16.1. The Labute approximate surface area is 176 Å². The van der Waals surface area contributed by atoms with Gasteiger partial charge in [0.1, 0.15) is 0 Å². The van der Waals surface area contributed by atoms with Gasteiger partial charge in [-0.1, -0.05) is 109 Å². The van der Waals surface area contributed by atoms with Gasteiger partial charge in [0.25, 0.3) is 0 Å². The van der Waals surface area contributed by atoms with Crippen molar-refractivity contribution >= 4 is 5.91 Å². The molecule has 28 heavy (non-hydrogen) atoms. The molecular formula is C26H49NO. The Morgan fingerprint density at radius 1 is 0.679 bits per heavy atom. The fraction of sp³-hybridized carbons (Fsp3) is 0.808. The first kappa shape index (κ1) is 27.0. The molecule has 0 saturated carbocycles. The molecule has 1 amide bonds. The van der Waals surface area contributed by atoms with E-state index < -0.39 is 0 Å². The van der Waals surface area contributed by atoms with E-state index in [4.69, 9.17) is 0 Å². The van der Waals surface area contributed by atoms with E-state index in [1.165, 1.54) is 109 Å². The van der Waals surface area contributed by atoms with Gasteiger partial charge >= 0.3 is 0 Å². The summed E-state index contributed by atoms with van der Waals surface area (Å²) in [4.78, 5) is 11.3. The molecule has 0 aliphatic heterocycles.